The van der Waals surface area contributed by atoms with Gasteiger partial charge in [-0.3, -0.25) is 4.79 Å². The van der Waals surface area contributed by atoms with Gasteiger partial charge in [-0.05, 0) is 36.7 Å². The van der Waals surface area contributed by atoms with E-state index in [1.54, 1.807) is 6.07 Å². The third-order valence-corrected chi connectivity index (χ3v) is 5.53. The molecule has 1 aromatic rings. The van der Waals surface area contributed by atoms with E-state index in [0.717, 1.165) is 6.42 Å². The molecule has 5 nitrogen and oxygen atoms in total. The van der Waals surface area contributed by atoms with E-state index in [0.29, 0.717) is 49.8 Å². The van der Waals surface area contributed by atoms with E-state index in [-0.39, 0.29) is 11.3 Å². The molecule has 1 amide bonds. The van der Waals surface area contributed by atoms with Crippen LogP contribution in [0, 0.1) is 11.3 Å². The molecular formula is C19H29NO4. The van der Waals surface area contributed by atoms with Crippen LogP contribution in [-0.2, 0) is 10.3 Å². The molecule has 1 aromatic heterocycles. The van der Waals surface area contributed by atoms with Crippen molar-refractivity contribution in [2.24, 2.45) is 11.3 Å². The molecule has 5 heteroatoms. The van der Waals surface area contributed by atoms with Crippen LogP contribution in [0.4, 0.5) is 0 Å². The summed E-state index contributed by atoms with van der Waals surface area (Å²) in [6, 6.07) is 1.66. The monoisotopic (exact) mass is 335 g/mol. The van der Waals surface area contributed by atoms with Gasteiger partial charge in [-0.2, -0.15) is 0 Å². The first kappa shape index (κ1) is 17.5. The third kappa shape index (κ3) is 3.52. The lowest BCUT2D eigenvalue weighted by Gasteiger charge is -2.43. The highest BCUT2D eigenvalue weighted by Gasteiger charge is 2.40. The zero-order chi connectivity index (χ0) is 17.2. The van der Waals surface area contributed by atoms with E-state index in [4.69, 9.17) is 9.15 Å². The number of hydrogen-bond donors (Lipinski definition) is 2. The first-order chi connectivity index (χ1) is 11.4. The zero-order valence-corrected chi connectivity index (χ0v) is 14.8. The van der Waals surface area contributed by atoms with Gasteiger partial charge in [0.1, 0.15) is 11.4 Å². The second-order valence-electron chi connectivity index (χ2n) is 7.94. The Balaban J connectivity index is 1.67. The van der Waals surface area contributed by atoms with Gasteiger partial charge in [0, 0.05) is 32.6 Å². The average Bonchev–Trinajstić information content (AvgIpc) is 3.00. The van der Waals surface area contributed by atoms with E-state index in [9.17, 15) is 9.90 Å². The molecule has 2 N–H and O–H groups in total. The third-order valence-electron chi connectivity index (χ3n) is 5.53. The molecule has 2 heterocycles. The Hall–Kier alpha value is -1.33. The van der Waals surface area contributed by atoms with Crippen LogP contribution in [0.2, 0.25) is 0 Å². The Kier molecular flexibility index (Phi) is 5.02. The summed E-state index contributed by atoms with van der Waals surface area (Å²) in [5.41, 5.74) is -0.387. The number of ether oxygens (including phenoxy) is 1. The van der Waals surface area contributed by atoms with Crippen LogP contribution in [-0.4, -0.2) is 30.8 Å². The largest absolute Gasteiger partial charge is 0.465 e. The van der Waals surface area contributed by atoms with E-state index in [1.807, 2.05) is 0 Å². The van der Waals surface area contributed by atoms with Crippen LogP contribution in [0.1, 0.15) is 68.5 Å². The fraction of sp³-hybridized carbons (Fsp3) is 0.737. The van der Waals surface area contributed by atoms with Crippen LogP contribution in [0.5, 0.6) is 0 Å². The first-order valence-electron chi connectivity index (χ1n) is 9.10. The predicted molar refractivity (Wildman–Crippen MR) is 90.7 cm³/mol. The second kappa shape index (κ2) is 6.89. The van der Waals surface area contributed by atoms with Crippen molar-refractivity contribution >= 4 is 5.91 Å². The number of carbonyl (C=O) groups excluding carboxylic acids is 1. The van der Waals surface area contributed by atoms with Gasteiger partial charge in [-0.25, -0.2) is 0 Å². The van der Waals surface area contributed by atoms with Crippen molar-refractivity contribution in [2.75, 3.05) is 19.8 Å². The van der Waals surface area contributed by atoms with Gasteiger partial charge >= 0.3 is 0 Å². The molecule has 1 saturated carbocycles. The number of furan rings is 1. The van der Waals surface area contributed by atoms with E-state index in [1.165, 1.54) is 25.5 Å². The standard InChI is InChI=1S/C19H29NO4/c1-14(2)12-18(5-3-6-18)13-20-17(21)15-4-9-24-16(15)19(22)7-10-23-11-8-19/h4,9,14,22H,3,5-8,10-13H2,1-2H3,(H,20,21). The van der Waals surface area contributed by atoms with Gasteiger partial charge in [0.15, 0.2) is 0 Å². The van der Waals surface area contributed by atoms with Crippen LogP contribution < -0.4 is 5.32 Å². The maximum absolute atomic E-state index is 12.7. The normalized spacial score (nSPS) is 22.2. The SMILES string of the molecule is CC(C)CC1(CNC(=O)c2ccoc2C2(O)CCOCC2)CCC1. The highest BCUT2D eigenvalue weighted by Crippen LogP contribution is 2.45. The topological polar surface area (TPSA) is 71.7 Å². The van der Waals surface area contributed by atoms with Crippen LogP contribution in [0.25, 0.3) is 0 Å². The van der Waals surface area contributed by atoms with Crippen molar-refractivity contribution in [1.29, 1.82) is 0 Å². The van der Waals surface area contributed by atoms with Gasteiger partial charge in [0.05, 0.1) is 11.8 Å². The smallest absolute Gasteiger partial charge is 0.254 e. The average molecular weight is 335 g/mol. The van der Waals surface area contributed by atoms with E-state index in [2.05, 4.69) is 19.2 Å². The fourth-order valence-corrected chi connectivity index (χ4v) is 4.14. The number of carbonyl (C=O) groups is 1. The summed E-state index contributed by atoms with van der Waals surface area (Å²) >= 11 is 0. The molecule has 134 valence electrons. The summed E-state index contributed by atoms with van der Waals surface area (Å²) in [5, 5.41) is 13.9. The highest BCUT2D eigenvalue weighted by molar-refractivity contribution is 5.95. The lowest BCUT2D eigenvalue weighted by Crippen LogP contribution is -2.43. The van der Waals surface area contributed by atoms with Gasteiger partial charge < -0.3 is 19.6 Å². The van der Waals surface area contributed by atoms with Gasteiger partial charge in [-0.1, -0.05) is 20.3 Å². The predicted octanol–water partition coefficient (Wildman–Crippen LogP) is 3.22. The molecule has 1 aliphatic heterocycles. The Bertz CT molecular complexity index is 568. The minimum Gasteiger partial charge on any atom is -0.465 e. The summed E-state index contributed by atoms with van der Waals surface area (Å²) in [4.78, 5) is 12.7. The van der Waals surface area contributed by atoms with Crippen molar-refractivity contribution < 1.29 is 19.1 Å². The number of hydrogen-bond acceptors (Lipinski definition) is 4. The molecule has 0 aromatic carbocycles. The summed E-state index contributed by atoms with van der Waals surface area (Å²) in [5.74, 6) is 0.873. The number of rotatable bonds is 6. The molecule has 0 unspecified atom stereocenters. The summed E-state index contributed by atoms with van der Waals surface area (Å²) < 4.78 is 10.8. The molecule has 2 aliphatic rings. The lowest BCUT2D eigenvalue weighted by molar-refractivity contribution is -0.0804. The van der Waals surface area contributed by atoms with Gasteiger partial charge in [0.25, 0.3) is 5.91 Å². The molecule has 0 atom stereocenters. The molecule has 0 bridgehead atoms. The summed E-state index contributed by atoms with van der Waals surface area (Å²) in [6.45, 7) is 6.13. The maximum atomic E-state index is 12.7. The van der Waals surface area contributed by atoms with Gasteiger partial charge in [0.2, 0.25) is 0 Å². The van der Waals surface area contributed by atoms with Crippen molar-refractivity contribution in [1.82, 2.24) is 5.32 Å². The Morgan fingerprint density at radius 1 is 1.29 bits per heavy atom. The minimum absolute atomic E-state index is 0.145. The second-order valence-corrected chi connectivity index (χ2v) is 7.94. The summed E-state index contributed by atoms with van der Waals surface area (Å²) in [6.07, 6.45) is 7.17. The molecule has 0 spiro atoms. The molecule has 2 fully saturated rings. The van der Waals surface area contributed by atoms with E-state index >= 15 is 0 Å². The minimum atomic E-state index is -1.10. The molecule has 1 aliphatic carbocycles. The van der Waals surface area contributed by atoms with Crippen LogP contribution >= 0.6 is 0 Å². The van der Waals surface area contributed by atoms with Crippen LogP contribution in [0.15, 0.2) is 16.7 Å². The molecular weight excluding hydrogens is 306 g/mol. The highest BCUT2D eigenvalue weighted by atomic mass is 16.5. The Morgan fingerprint density at radius 2 is 2.00 bits per heavy atom. The van der Waals surface area contributed by atoms with Crippen molar-refractivity contribution in [2.45, 2.75) is 58.0 Å². The first-order valence-corrected chi connectivity index (χ1v) is 9.10. The van der Waals surface area contributed by atoms with Gasteiger partial charge in [-0.15, -0.1) is 0 Å². The molecule has 24 heavy (non-hydrogen) atoms. The number of aliphatic hydroxyl groups is 1. The fourth-order valence-electron chi connectivity index (χ4n) is 4.14. The zero-order valence-electron chi connectivity index (χ0n) is 14.8. The Morgan fingerprint density at radius 3 is 2.58 bits per heavy atom. The molecule has 1 saturated heterocycles. The van der Waals surface area contributed by atoms with Crippen molar-refractivity contribution in [3.05, 3.63) is 23.7 Å². The quantitative estimate of drug-likeness (QED) is 0.837. The Labute approximate surface area is 143 Å². The lowest BCUT2D eigenvalue weighted by atomic mass is 9.64. The van der Waals surface area contributed by atoms with E-state index < -0.39 is 5.60 Å². The molecule has 3 rings (SSSR count). The van der Waals surface area contributed by atoms with Crippen molar-refractivity contribution in [3.63, 3.8) is 0 Å². The summed E-state index contributed by atoms with van der Waals surface area (Å²) in [7, 11) is 0. The number of amides is 1. The molecule has 0 radical (unpaired) electrons. The number of nitrogens with one attached hydrogen (secondary N) is 1. The van der Waals surface area contributed by atoms with Crippen molar-refractivity contribution in [3.8, 4) is 0 Å². The maximum Gasteiger partial charge on any atom is 0.254 e. The van der Waals surface area contributed by atoms with Crippen LogP contribution in [0.3, 0.4) is 0 Å².